The van der Waals surface area contributed by atoms with Crippen molar-refractivity contribution in [3.63, 3.8) is 0 Å². The summed E-state index contributed by atoms with van der Waals surface area (Å²) in [6, 6.07) is 18.0. The maximum atomic E-state index is 13.2. The second kappa shape index (κ2) is 7.88. The lowest BCUT2D eigenvalue weighted by atomic mass is 9.74. The Balaban J connectivity index is 1.75. The lowest BCUT2D eigenvalue weighted by Gasteiger charge is -2.31. The zero-order valence-electron chi connectivity index (χ0n) is 17.9. The van der Waals surface area contributed by atoms with Gasteiger partial charge in [0.1, 0.15) is 0 Å². The van der Waals surface area contributed by atoms with Gasteiger partial charge in [-0.15, -0.1) is 0 Å². The average molecular weight is 412 g/mol. The van der Waals surface area contributed by atoms with Gasteiger partial charge in [-0.2, -0.15) is 0 Å². The topological polar surface area (TPSA) is 66.4 Å². The van der Waals surface area contributed by atoms with E-state index in [-0.39, 0.29) is 16.9 Å². The van der Waals surface area contributed by atoms with Crippen molar-refractivity contribution < 1.29 is 14.7 Å². The maximum absolute atomic E-state index is 13.2. The van der Waals surface area contributed by atoms with Crippen molar-refractivity contribution in [2.24, 2.45) is 5.41 Å². The molecular weight excluding hydrogens is 386 g/mol. The Morgan fingerprint density at radius 2 is 1.61 bits per heavy atom. The Morgan fingerprint density at radius 1 is 0.935 bits per heavy atom. The van der Waals surface area contributed by atoms with E-state index in [1.165, 1.54) is 23.3 Å². The molecular formula is C27H25NO3. The molecule has 0 heterocycles. The van der Waals surface area contributed by atoms with Crippen LogP contribution >= 0.6 is 0 Å². The van der Waals surface area contributed by atoms with Gasteiger partial charge in [0, 0.05) is 16.6 Å². The van der Waals surface area contributed by atoms with E-state index in [0.29, 0.717) is 11.3 Å². The van der Waals surface area contributed by atoms with Crippen LogP contribution in [0.25, 0.3) is 16.3 Å². The number of hydrogen-bond donors (Lipinski definition) is 2. The standard InChI is InChI=1S/C27H25NO3/c1-17-10-11-20(16-27(17,2)3)22-8-4-6-18-7-5-9-23(24(18)22)25(29)28-21-14-12-19(13-15-21)26(30)31/h4-15H,16H2,1-3H3,(H,28,29)(H,30,31). The second-order valence-corrected chi connectivity index (χ2v) is 8.65. The minimum absolute atomic E-state index is 0.0648. The number of amides is 1. The van der Waals surface area contributed by atoms with Gasteiger partial charge in [-0.1, -0.05) is 61.9 Å². The van der Waals surface area contributed by atoms with Crippen molar-refractivity contribution in [2.45, 2.75) is 27.2 Å². The van der Waals surface area contributed by atoms with Crippen LogP contribution in [0.3, 0.4) is 0 Å². The number of allylic oxidation sites excluding steroid dienone is 4. The molecule has 3 aromatic rings. The number of aromatic carboxylic acids is 1. The molecule has 0 saturated heterocycles. The fourth-order valence-electron chi connectivity index (χ4n) is 4.00. The summed E-state index contributed by atoms with van der Waals surface area (Å²) < 4.78 is 0. The molecule has 0 bridgehead atoms. The summed E-state index contributed by atoms with van der Waals surface area (Å²) in [5.41, 5.74) is 5.03. The molecule has 31 heavy (non-hydrogen) atoms. The minimum atomic E-state index is -0.996. The van der Waals surface area contributed by atoms with Gasteiger partial charge in [0.15, 0.2) is 0 Å². The van der Waals surface area contributed by atoms with E-state index >= 15 is 0 Å². The van der Waals surface area contributed by atoms with Crippen molar-refractivity contribution in [1.29, 1.82) is 0 Å². The van der Waals surface area contributed by atoms with Gasteiger partial charge in [-0.3, -0.25) is 4.79 Å². The Bertz CT molecular complexity index is 1240. The zero-order chi connectivity index (χ0) is 22.2. The summed E-state index contributed by atoms with van der Waals surface area (Å²) in [7, 11) is 0. The highest BCUT2D eigenvalue weighted by Gasteiger charge is 2.26. The molecule has 4 nitrogen and oxygen atoms in total. The third-order valence-corrected chi connectivity index (χ3v) is 6.12. The van der Waals surface area contributed by atoms with Gasteiger partial charge in [0.25, 0.3) is 5.91 Å². The first-order valence-corrected chi connectivity index (χ1v) is 10.3. The molecule has 156 valence electrons. The van der Waals surface area contributed by atoms with E-state index in [1.54, 1.807) is 12.1 Å². The van der Waals surface area contributed by atoms with Crippen molar-refractivity contribution in [3.05, 3.63) is 95.1 Å². The van der Waals surface area contributed by atoms with E-state index in [9.17, 15) is 9.59 Å². The normalized spacial score (nSPS) is 15.2. The van der Waals surface area contributed by atoms with Crippen LogP contribution in [0.1, 0.15) is 53.5 Å². The van der Waals surface area contributed by atoms with E-state index in [0.717, 1.165) is 22.8 Å². The van der Waals surface area contributed by atoms with Crippen LogP contribution in [0, 0.1) is 5.41 Å². The number of benzene rings is 3. The summed E-state index contributed by atoms with van der Waals surface area (Å²) in [6.45, 7) is 6.64. The average Bonchev–Trinajstić information content (AvgIpc) is 2.75. The molecule has 0 atom stereocenters. The van der Waals surface area contributed by atoms with Crippen molar-refractivity contribution >= 4 is 33.9 Å². The van der Waals surface area contributed by atoms with Crippen LogP contribution < -0.4 is 5.32 Å². The van der Waals surface area contributed by atoms with Crippen LogP contribution in [0.5, 0.6) is 0 Å². The van der Waals surface area contributed by atoms with Crippen molar-refractivity contribution in [2.75, 3.05) is 5.32 Å². The molecule has 1 aliphatic rings. The molecule has 1 aliphatic carbocycles. The van der Waals surface area contributed by atoms with E-state index < -0.39 is 5.97 Å². The molecule has 0 saturated carbocycles. The van der Waals surface area contributed by atoms with Crippen molar-refractivity contribution in [1.82, 2.24) is 0 Å². The summed E-state index contributed by atoms with van der Waals surface area (Å²) in [6.07, 6.45) is 5.24. The lowest BCUT2D eigenvalue weighted by molar-refractivity contribution is 0.0696. The van der Waals surface area contributed by atoms with E-state index in [4.69, 9.17) is 5.11 Å². The van der Waals surface area contributed by atoms with Gasteiger partial charge in [-0.05, 0) is 65.6 Å². The monoisotopic (exact) mass is 411 g/mol. The Morgan fingerprint density at radius 3 is 2.26 bits per heavy atom. The van der Waals surface area contributed by atoms with Crippen LogP contribution in [-0.2, 0) is 0 Å². The van der Waals surface area contributed by atoms with Gasteiger partial charge >= 0.3 is 5.97 Å². The third kappa shape index (κ3) is 4.02. The number of carbonyl (C=O) groups excluding carboxylic acids is 1. The number of anilines is 1. The predicted octanol–water partition coefficient (Wildman–Crippen LogP) is 6.55. The number of carboxylic acid groups (broad SMARTS) is 1. The maximum Gasteiger partial charge on any atom is 0.335 e. The summed E-state index contributed by atoms with van der Waals surface area (Å²) >= 11 is 0. The summed E-state index contributed by atoms with van der Waals surface area (Å²) in [4.78, 5) is 24.3. The first kappa shape index (κ1) is 20.6. The quantitative estimate of drug-likeness (QED) is 0.511. The van der Waals surface area contributed by atoms with Crippen molar-refractivity contribution in [3.8, 4) is 0 Å². The molecule has 1 amide bonds. The smallest absolute Gasteiger partial charge is 0.335 e. The highest BCUT2D eigenvalue weighted by Crippen LogP contribution is 2.42. The molecule has 0 fully saturated rings. The van der Waals surface area contributed by atoms with Gasteiger partial charge in [-0.25, -0.2) is 4.79 Å². The molecule has 2 N–H and O–H groups in total. The van der Waals surface area contributed by atoms with Gasteiger partial charge < -0.3 is 10.4 Å². The summed E-state index contributed by atoms with van der Waals surface area (Å²) in [5, 5.41) is 13.9. The number of nitrogens with one attached hydrogen (secondary N) is 1. The summed E-state index contributed by atoms with van der Waals surface area (Å²) in [5.74, 6) is -1.21. The third-order valence-electron chi connectivity index (χ3n) is 6.12. The minimum Gasteiger partial charge on any atom is -0.478 e. The van der Waals surface area contributed by atoms with E-state index in [1.807, 2.05) is 30.3 Å². The van der Waals surface area contributed by atoms with Crippen LogP contribution in [0.15, 0.2) is 78.4 Å². The molecule has 3 aromatic carbocycles. The zero-order valence-corrected chi connectivity index (χ0v) is 17.9. The van der Waals surface area contributed by atoms with Gasteiger partial charge in [0.05, 0.1) is 5.56 Å². The molecule has 0 unspecified atom stereocenters. The predicted molar refractivity (Wildman–Crippen MR) is 125 cm³/mol. The number of hydrogen-bond acceptors (Lipinski definition) is 2. The number of carbonyl (C=O) groups is 2. The molecule has 4 rings (SSSR count). The molecule has 0 aliphatic heterocycles. The number of rotatable bonds is 4. The first-order chi connectivity index (χ1) is 14.8. The number of fused-ring (bicyclic) bond motifs is 1. The first-order valence-electron chi connectivity index (χ1n) is 10.3. The Kier molecular flexibility index (Phi) is 5.24. The van der Waals surface area contributed by atoms with Gasteiger partial charge in [0.2, 0.25) is 0 Å². The lowest BCUT2D eigenvalue weighted by Crippen LogP contribution is -2.17. The van der Waals surface area contributed by atoms with Crippen LogP contribution in [-0.4, -0.2) is 17.0 Å². The Hall–Kier alpha value is -3.66. The fraction of sp³-hybridized carbons (Fsp3) is 0.185. The van der Waals surface area contributed by atoms with Crippen LogP contribution in [0.4, 0.5) is 5.69 Å². The molecule has 0 aromatic heterocycles. The molecule has 4 heteroatoms. The highest BCUT2D eigenvalue weighted by atomic mass is 16.4. The van der Waals surface area contributed by atoms with Crippen LogP contribution in [0.2, 0.25) is 0 Å². The second-order valence-electron chi connectivity index (χ2n) is 8.65. The van der Waals surface area contributed by atoms with E-state index in [2.05, 4.69) is 44.3 Å². The number of carboxylic acids is 1. The molecule has 0 radical (unpaired) electrons. The Labute approximate surface area is 181 Å². The highest BCUT2D eigenvalue weighted by molar-refractivity contribution is 6.15. The fourth-order valence-corrected chi connectivity index (χ4v) is 4.00. The molecule has 0 spiro atoms. The SMILES string of the molecule is CC1=CC=C(c2cccc3cccc(C(=O)Nc4ccc(C(=O)O)cc4)c23)CC1(C)C. The largest absolute Gasteiger partial charge is 0.478 e.